The van der Waals surface area contributed by atoms with E-state index in [-0.39, 0.29) is 11.4 Å². The second-order valence-electron chi connectivity index (χ2n) is 9.84. The van der Waals surface area contributed by atoms with E-state index in [1.165, 1.54) is 20.0 Å². The van der Waals surface area contributed by atoms with Gasteiger partial charge in [-0.05, 0) is 70.7 Å². The molecule has 1 aromatic carbocycles. The summed E-state index contributed by atoms with van der Waals surface area (Å²) in [5.74, 6) is -0.560. The number of anilines is 1. The first-order valence-electron chi connectivity index (χ1n) is 10.3. The zero-order chi connectivity index (χ0) is 22.0. The number of nitrogens with zero attached hydrogens (tertiary/aromatic N) is 1. The SMILES string of the molecule is COC(=O)c1c(NC(=O)C(C)(C)C)ccc(Br)c1CCC1CCCN1C(C)(C)C. The van der Waals surface area contributed by atoms with Gasteiger partial charge in [0.25, 0.3) is 0 Å². The van der Waals surface area contributed by atoms with Crippen molar-refractivity contribution in [3.63, 3.8) is 0 Å². The number of ether oxygens (including phenoxy) is 1. The van der Waals surface area contributed by atoms with Crippen molar-refractivity contribution < 1.29 is 14.3 Å². The normalized spacial score (nSPS) is 18.0. The third kappa shape index (κ3) is 5.82. The molecule has 1 fully saturated rings. The molecule has 1 aliphatic rings. The third-order valence-corrected chi connectivity index (χ3v) is 6.28. The number of rotatable bonds is 5. The van der Waals surface area contributed by atoms with Gasteiger partial charge in [-0.1, -0.05) is 36.7 Å². The van der Waals surface area contributed by atoms with Crippen LogP contribution in [0.1, 0.15) is 76.7 Å². The highest BCUT2D eigenvalue weighted by Crippen LogP contribution is 2.34. The molecule has 1 aliphatic heterocycles. The number of nitrogens with one attached hydrogen (secondary N) is 1. The fraction of sp³-hybridized carbons (Fsp3) is 0.652. The minimum Gasteiger partial charge on any atom is -0.465 e. The van der Waals surface area contributed by atoms with Crippen LogP contribution >= 0.6 is 15.9 Å². The highest BCUT2D eigenvalue weighted by Gasteiger charge is 2.33. The monoisotopic (exact) mass is 466 g/mol. The topological polar surface area (TPSA) is 58.6 Å². The number of benzene rings is 1. The van der Waals surface area contributed by atoms with E-state index in [0.29, 0.717) is 17.3 Å². The Bertz CT molecular complexity index is 763. The van der Waals surface area contributed by atoms with E-state index in [1.54, 1.807) is 6.07 Å². The molecule has 162 valence electrons. The summed E-state index contributed by atoms with van der Waals surface area (Å²) in [6.07, 6.45) is 4.07. The smallest absolute Gasteiger partial charge is 0.340 e. The molecule has 1 amide bonds. The van der Waals surface area contributed by atoms with Crippen molar-refractivity contribution in [1.29, 1.82) is 0 Å². The van der Waals surface area contributed by atoms with Gasteiger partial charge in [-0.2, -0.15) is 0 Å². The van der Waals surface area contributed by atoms with Gasteiger partial charge < -0.3 is 10.1 Å². The molecule has 1 aromatic rings. The van der Waals surface area contributed by atoms with Crippen molar-refractivity contribution in [2.45, 2.75) is 78.8 Å². The van der Waals surface area contributed by atoms with E-state index in [2.05, 4.69) is 46.9 Å². The lowest BCUT2D eigenvalue weighted by molar-refractivity contribution is -0.123. The predicted octanol–water partition coefficient (Wildman–Crippen LogP) is 5.42. The van der Waals surface area contributed by atoms with Crippen molar-refractivity contribution in [2.24, 2.45) is 5.41 Å². The number of halogens is 1. The zero-order valence-corrected chi connectivity index (χ0v) is 20.4. The Morgan fingerprint density at radius 3 is 2.41 bits per heavy atom. The molecule has 0 radical (unpaired) electrons. The number of amides is 1. The first kappa shape index (κ1) is 23.9. The van der Waals surface area contributed by atoms with E-state index in [1.807, 2.05) is 26.8 Å². The van der Waals surface area contributed by atoms with Gasteiger partial charge in [0.1, 0.15) is 0 Å². The maximum absolute atomic E-state index is 12.7. The van der Waals surface area contributed by atoms with Crippen molar-refractivity contribution >= 4 is 33.5 Å². The van der Waals surface area contributed by atoms with E-state index < -0.39 is 11.4 Å². The predicted molar refractivity (Wildman–Crippen MR) is 121 cm³/mol. The first-order chi connectivity index (χ1) is 13.4. The minimum absolute atomic E-state index is 0.131. The Labute approximate surface area is 183 Å². The van der Waals surface area contributed by atoms with E-state index in [9.17, 15) is 9.59 Å². The van der Waals surface area contributed by atoms with Gasteiger partial charge in [-0.15, -0.1) is 0 Å². The number of esters is 1. The van der Waals surface area contributed by atoms with Crippen LogP contribution in [0.5, 0.6) is 0 Å². The maximum atomic E-state index is 12.7. The second kappa shape index (κ2) is 9.17. The Kier molecular flexibility index (Phi) is 7.55. The van der Waals surface area contributed by atoms with Gasteiger partial charge in [-0.25, -0.2) is 4.79 Å². The fourth-order valence-electron chi connectivity index (χ4n) is 3.95. The Balaban J connectivity index is 2.34. The molecule has 1 atom stereocenters. The fourth-order valence-corrected chi connectivity index (χ4v) is 4.47. The quantitative estimate of drug-likeness (QED) is 0.588. The van der Waals surface area contributed by atoms with Gasteiger partial charge in [0.05, 0.1) is 18.4 Å². The Morgan fingerprint density at radius 1 is 1.21 bits per heavy atom. The van der Waals surface area contributed by atoms with Gasteiger partial charge in [0, 0.05) is 21.5 Å². The van der Waals surface area contributed by atoms with Crippen LogP contribution in [-0.2, 0) is 16.0 Å². The van der Waals surface area contributed by atoms with Crippen LogP contribution in [-0.4, -0.2) is 42.0 Å². The number of likely N-dealkylation sites (tertiary alicyclic amines) is 1. The molecule has 0 aromatic heterocycles. The lowest BCUT2D eigenvalue weighted by Gasteiger charge is -2.37. The maximum Gasteiger partial charge on any atom is 0.340 e. The highest BCUT2D eigenvalue weighted by molar-refractivity contribution is 9.10. The average Bonchev–Trinajstić information content (AvgIpc) is 3.09. The molecule has 1 saturated heterocycles. The standard InChI is InChI=1S/C23H35BrN2O3/c1-22(2,3)21(28)25-18-13-12-17(24)16(19(18)20(27)29-7)11-10-15-9-8-14-26(15)23(4,5)6/h12-13,15H,8-11,14H2,1-7H3,(H,25,28). The minimum atomic E-state index is -0.558. The van der Waals surface area contributed by atoms with Crippen molar-refractivity contribution in [2.75, 3.05) is 19.0 Å². The molecule has 5 nitrogen and oxygen atoms in total. The molecule has 2 rings (SSSR count). The van der Waals surface area contributed by atoms with Crippen LogP contribution in [0.15, 0.2) is 16.6 Å². The lowest BCUT2D eigenvalue weighted by Crippen LogP contribution is -2.44. The molecule has 1 heterocycles. The summed E-state index contributed by atoms with van der Waals surface area (Å²) in [7, 11) is 1.38. The van der Waals surface area contributed by atoms with Gasteiger partial charge >= 0.3 is 5.97 Å². The molecule has 29 heavy (non-hydrogen) atoms. The summed E-state index contributed by atoms with van der Waals surface area (Å²) in [4.78, 5) is 27.7. The molecular formula is C23H35BrN2O3. The molecule has 0 saturated carbocycles. The second-order valence-corrected chi connectivity index (χ2v) is 10.7. The summed E-state index contributed by atoms with van der Waals surface area (Å²) in [5.41, 5.74) is 1.42. The van der Waals surface area contributed by atoms with Crippen LogP contribution in [0, 0.1) is 5.41 Å². The third-order valence-electron chi connectivity index (χ3n) is 5.54. The number of hydrogen-bond acceptors (Lipinski definition) is 4. The molecule has 1 unspecified atom stereocenters. The number of carbonyl (C=O) groups is 2. The van der Waals surface area contributed by atoms with Gasteiger partial charge in [-0.3, -0.25) is 9.69 Å². The molecule has 6 heteroatoms. The zero-order valence-electron chi connectivity index (χ0n) is 18.8. The highest BCUT2D eigenvalue weighted by atomic mass is 79.9. The summed E-state index contributed by atoms with van der Waals surface area (Å²) in [5, 5.41) is 2.92. The van der Waals surface area contributed by atoms with E-state index >= 15 is 0 Å². The average molecular weight is 467 g/mol. The van der Waals surface area contributed by atoms with Gasteiger partial charge in [0.2, 0.25) is 5.91 Å². The number of hydrogen-bond donors (Lipinski definition) is 1. The van der Waals surface area contributed by atoms with Crippen LogP contribution in [0.25, 0.3) is 0 Å². The van der Waals surface area contributed by atoms with E-state index in [0.717, 1.165) is 29.4 Å². The van der Waals surface area contributed by atoms with Crippen molar-refractivity contribution in [3.8, 4) is 0 Å². The summed E-state index contributed by atoms with van der Waals surface area (Å²) >= 11 is 3.61. The number of methoxy groups -OCH3 is 1. The summed E-state index contributed by atoms with van der Waals surface area (Å²) < 4.78 is 5.93. The van der Waals surface area contributed by atoms with E-state index in [4.69, 9.17) is 4.74 Å². The first-order valence-corrected chi connectivity index (χ1v) is 11.1. The van der Waals surface area contributed by atoms with Crippen molar-refractivity contribution in [1.82, 2.24) is 4.90 Å². The molecular weight excluding hydrogens is 432 g/mol. The summed E-state index contributed by atoms with van der Waals surface area (Å²) in [6.45, 7) is 13.4. The number of carbonyl (C=O) groups excluding carboxylic acids is 2. The van der Waals surface area contributed by atoms with Crippen LogP contribution in [0.2, 0.25) is 0 Å². The molecule has 0 aliphatic carbocycles. The van der Waals surface area contributed by atoms with Gasteiger partial charge in [0.15, 0.2) is 0 Å². The Morgan fingerprint density at radius 2 is 1.86 bits per heavy atom. The lowest BCUT2D eigenvalue weighted by atomic mass is 9.94. The largest absolute Gasteiger partial charge is 0.465 e. The van der Waals surface area contributed by atoms with Crippen LogP contribution in [0.4, 0.5) is 5.69 Å². The van der Waals surface area contributed by atoms with Crippen LogP contribution in [0.3, 0.4) is 0 Å². The molecule has 0 bridgehead atoms. The molecule has 1 N–H and O–H groups in total. The Hall–Kier alpha value is -1.40. The van der Waals surface area contributed by atoms with Crippen molar-refractivity contribution in [3.05, 3.63) is 27.7 Å². The van der Waals surface area contributed by atoms with Crippen LogP contribution < -0.4 is 5.32 Å². The molecule has 0 spiro atoms. The summed E-state index contributed by atoms with van der Waals surface area (Å²) in [6, 6.07) is 4.15.